The minimum atomic E-state index is -0.402. The number of amidine groups is 1. The van der Waals surface area contributed by atoms with Crippen LogP contribution in [0.25, 0.3) is 0 Å². The summed E-state index contributed by atoms with van der Waals surface area (Å²) in [5.74, 6) is -0.552. The number of aromatic nitrogens is 1. The molecule has 0 aliphatic heterocycles. The first-order chi connectivity index (χ1) is 8.16. The maximum absolute atomic E-state index is 13.1. The Kier molecular flexibility index (Phi) is 3.39. The van der Waals surface area contributed by atoms with Gasteiger partial charge in [0, 0.05) is 16.7 Å². The van der Waals surface area contributed by atoms with Gasteiger partial charge in [0.25, 0.3) is 0 Å². The average Bonchev–Trinajstić information content (AvgIpc) is 2.32. The van der Waals surface area contributed by atoms with Crippen molar-refractivity contribution in [2.45, 2.75) is 9.92 Å². The van der Waals surface area contributed by atoms with Crippen LogP contribution in [0.4, 0.5) is 4.39 Å². The summed E-state index contributed by atoms with van der Waals surface area (Å²) < 4.78 is 13.1. The second-order valence-corrected chi connectivity index (χ2v) is 4.39. The Bertz CT molecular complexity index is 543. The zero-order chi connectivity index (χ0) is 12.3. The molecule has 1 aromatic heterocycles. The lowest BCUT2D eigenvalue weighted by Crippen LogP contribution is -2.12. The quantitative estimate of drug-likeness (QED) is 0.647. The van der Waals surface area contributed by atoms with Crippen molar-refractivity contribution in [1.29, 1.82) is 5.41 Å². The van der Waals surface area contributed by atoms with Crippen LogP contribution in [0.5, 0.6) is 0 Å². The van der Waals surface area contributed by atoms with E-state index in [0.717, 1.165) is 9.92 Å². The Hall–Kier alpha value is -1.88. The fraction of sp³-hybridized carbons (Fsp3) is 0. The normalized spacial score (nSPS) is 10.2. The number of hydrogen-bond acceptors (Lipinski definition) is 3. The minimum absolute atomic E-state index is 0.150. The van der Waals surface area contributed by atoms with Gasteiger partial charge in [-0.05, 0) is 30.3 Å². The van der Waals surface area contributed by atoms with E-state index in [9.17, 15) is 4.39 Å². The van der Waals surface area contributed by atoms with Crippen LogP contribution >= 0.6 is 11.8 Å². The second-order valence-electron chi connectivity index (χ2n) is 3.32. The molecule has 3 N–H and O–H groups in total. The molecule has 0 unspecified atom stereocenters. The summed E-state index contributed by atoms with van der Waals surface area (Å²) in [7, 11) is 0. The molecule has 0 fully saturated rings. The summed E-state index contributed by atoms with van der Waals surface area (Å²) >= 11 is 1.35. The molecule has 0 aliphatic rings. The van der Waals surface area contributed by atoms with Crippen LogP contribution in [0.2, 0.25) is 0 Å². The van der Waals surface area contributed by atoms with Crippen LogP contribution in [0.1, 0.15) is 5.56 Å². The number of hydrogen-bond donors (Lipinski definition) is 2. The summed E-state index contributed by atoms with van der Waals surface area (Å²) in [5.41, 5.74) is 5.81. The van der Waals surface area contributed by atoms with E-state index in [0.29, 0.717) is 5.56 Å². The first-order valence-electron chi connectivity index (χ1n) is 4.89. The average molecular weight is 247 g/mol. The van der Waals surface area contributed by atoms with E-state index in [1.807, 2.05) is 18.2 Å². The van der Waals surface area contributed by atoms with E-state index in [-0.39, 0.29) is 5.84 Å². The Labute approximate surface area is 102 Å². The number of nitrogens with one attached hydrogen (secondary N) is 1. The van der Waals surface area contributed by atoms with Crippen molar-refractivity contribution in [3.05, 3.63) is 54.0 Å². The maximum atomic E-state index is 13.1. The van der Waals surface area contributed by atoms with E-state index in [1.165, 1.54) is 23.9 Å². The molecule has 0 radical (unpaired) electrons. The predicted octanol–water partition coefficient (Wildman–Crippen LogP) is 2.66. The van der Waals surface area contributed by atoms with Crippen molar-refractivity contribution >= 4 is 17.6 Å². The Morgan fingerprint density at radius 1 is 1.29 bits per heavy atom. The molecular formula is C12H10FN3S. The molecule has 2 aromatic rings. The van der Waals surface area contributed by atoms with Crippen molar-refractivity contribution in [2.24, 2.45) is 5.73 Å². The van der Waals surface area contributed by atoms with Crippen molar-refractivity contribution in [3.63, 3.8) is 0 Å². The zero-order valence-electron chi connectivity index (χ0n) is 8.85. The number of pyridine rings is 1. The maximum Gasteiger partial charge on any atom is 0.124 e. The lowest BCUT2D eigenvalue weighted by atomic mass is 10.2. The number of halogens is 1. The number of nitrogens with two attached hydrogens (primary N) is 1. The molecule has 3 nitrogen and oxygen atoms in total. The molecule has 0 spiro atoms. The van der Waals surface area contributed by atoms with Gasteiger partial charge in [-0.2, -0.15) is 0 Å². The van der Waals surface area contributed by atoms with Crippen LogP contribution in [0.15, 0.2) is 52.5 Å². The second kappa shape index (κ2) is 4.97. The molecule has 0 amide bonds. The van der Waals surface area contributed by atoms with E-state index < -0.39 is 5.82 Å². The van der Waals surface area contributed by atoms with Crippen LogP contribution in [0, 0.1) is 11.2 Å². The summed E-state index contributed by atoms with van der Waals surface area (Å²) in [4.78, 5) is 4.87. The first kappa shape index (κ1) is 11.6. The third kappa shape index (κ3) is 2.82. The Balaban J connectivity index is 2.36. The van der Waals surface area contributed by atoms with Crippen molar-refractivity contribution in [3.8, 4) is 0 Å². The van der Waals surface area contributed by atoms with E-state index in [1.54, 1.807) is 12.3 Å². The van der Waals surface area contributed by atoms with Crippen LogP contribution < -0.4 is 5.73 Å². The summed E-state index contributed by atoms with van der Waals surface area (Å²) in [6.07, 6.45) is 1.68. The highest BCUT2D eigenvalue weighted by atomic mass is 32.2. The lowest BCUT2D eigenvalue weighted by Gasteiger charge is -2.07. The first-order valence-corrected chi connectivity index (χ1v) is 5.71. The predicted molar refractivity (Wildman–Crippen MR) is 65.8 cm³/mol. The number of rotatable bonds is 3. The molecule has 0 atom stereocenters. The summed E-state index contributed by atoms with van der Waals surface area (Å²) in [6.45, 7) is 0. The number of benzene rings is 1. The fourth-order valence-electron chi connectivity index (χ4n) is 1.32. The van der Waals surface area contributed by atoms with Gasteiger partial charge in [-0.25, -0.2) is 9.37 Å². The zero-order valence-corrected chi connectivity index (χ0v) is 9.67. The smallest absolute Gasteiger partial charge is 0.124 e. The van der Waals surface area contributed by atoms with E-state index in [2.05, 4.69) is 4.98 Å². The van der Waals surface area contributed by atoms with E-state index >= 15 is 0 Å². The van der Waals surface area contributed by atoms with Crippen molar-refractivity contribution < 1.29 is 4.39 Å². The lowest BCUT2D eigenvalue weighted by molar-refractivity contribution is 0.626. The van der Waals surface area contributed by atoms with Gasteiger partial charge in [0.15, 0.2) is 0 Å². The van der Waals surface area contributed by atoms with Gasteiger partial charge in [-0.3, -0.25) is 5.41 Å². The number of nitrogens with zero attached hydrogens (tertiary/aromatic N) is 1. The standard InChI is InChI=1S/C12H10FN3S/c13-8-4-5-10(9(7-8)12(14)15)17-11-3-1-2-6-16-11/h1-7H,(H3,14,15). The molecule has 17 heavy (non-hydrogen) atoms. The monoisotopic (exact) mass is 247 g/mol. The van der Waals surface area contributed by atoms with Crippen LogP contribution in [-0.2, 0) is 0 Å². The van der Waals surface area contributed by atoms with Gasteiger partial charge in [0.2, 0.25) is 0 Å². The van der Waals surface area contributed by atoms with Gasteiger partial charge in [-0.1, -0.05) is 17.8 Å². The SMILES string of the molecule is N=C(N)c1cc(F)ccc1Sc1ccccn1. The molecule has 1 heterocycles. The van der Waals surface area contributed by atoms with Crippen LogP contribution in [-0.4, -0.2) is 10.8 Å². The third-order valence-corrected chi connectivity index (χ3v) is 3.11. The molecule has 5 heteroatoms. The summed E-state index contributed by atoms with van der Waals surface area (Å²) in [6, 6.07) is 9.74. The van der Waals surface area contributed by atoms with Crippen LogP contribution in [0.3, 0.4) is 0 Å². The van der Waals surface area contributed by atoms with Crippen molar-refractivity contribution in [2.75, 3.05) is 0 Å². The van der Waals surface area contributed by atoms with Crippen molar-refractivity contribution in [1.82, 2.24) is 4.98 Å². The number of nitrogen functional groups attached to an aromatic ring is 1. The topological polar surface area (TPSA) is 62.8 Å². The van der Waals surface area contributed by atoms with Gasteiger partial charge in [0.1, 0.15) is 16.7 Å². The van der Waals surface area contributed by atoms with Gasteiger partial charge in [0.05, 0.1) is 0 Å². The fourth-order valence-corrected chi connectivity index (χ4v) is 2.22. The molecule has 0 saturated heterocycles. The molecular weight excluding hydrogens is 237 g/mol. The molecule has 0 saturated carbocycles. The molecule has 0 aliphatic carbocycles. The molecule has 0 bridgehead atoms. The molecule has 1 aromatic carbocycles. The highest BCUT2D eigenvalue weighted by Gasteiger charge is 2.08. The Morgan fingerprint density at radius 3 is 2.76 bits per heavy atom. The van der Waals surface area contributed by atoms with E-state index in [4.69, 9.17) is 11.1 Å². The van der Waals surface area contributed by atoms with Gasteiger partial charge >= 0.3 is 0 Å². The molecule has 2 rings (SSSR count). The van der Waals surface area contributed by atoms with Gasteiger partial charge < -0.3 is 5.73 Å². The molecule has 86 valence electrons. The third-order valence-electron chi connectivity index (χ3n) is 2.08. The Morgan fingerprint density at radius 2 is 2.12 bits per heavy atom. The van der Waals surface area contributed by atoms with Gasteiger partial charge in [-0.15, -0.1) is 0 Å². The highest BCUT2D eigenvalue weighted by Crippen LogP contribution is 2.29. The minimum Gasteiger partial charge on any atom is -0.384 e. The largest absolute Gasteiger partial charge is 0.384 e. The summed E-state index contributed by atoms with van der Waals surface area (Å²) in [5, 5.41) is 8.20. The highest BCUT2D eigenvalue weighted by molar-refractivity contribution is 7.99.